The maximum atomic E-state index is 12.5. The lowest BCUT2D eigenvalue weighted by Gasteiger charge is -2.39. The maximum Gasteiger partial charge on any atom is 0.315 e. The molecule has 3 aliphatic rings. The van der Waals surface area contributed by atoms with E-state index in [2.05, 4.69) is 31.4 Å². The minimum atomic E-state index is -0.204. The van der Waals surface area contributed by atoms with Gasteiger partial charge >= 0.3 is 6.03 Å². The lowest BCUT2D eigenvalue weighted by Crippen LogP contribution is -2.50. The fourth-order valence-corrected chi connectivity index (χ4v) is 5.12. The number of fused-ring (bicyclic) bond motifs is 1. The molecule has 2 fully saturated rings. The largest absolute Gasteiger partial charge is 0.486 e. The SMILES string of the molecule is C[C@@H]1C[C@H](NC(=O)N[C@@H]2CC(=O)N(c3ccc4c(c3)OCCO4)C2)CC(C)(C)C1. The number of rotatable bonds is 3. The number of carbonyl (C=O) groups is 2. The van der Waals surface area contributed by atoms with Gasteiger partial charge in [-0.25, -0.2) is 4.79 Å². The Bertz CT molecular complexity index is 794. The first-order valence-electron chi connectivity index (χ1n) is 10.6. The van der Waals surface area contributed by atoms with Gasteiger partial charge in [0.15, 0.2) is 11.5 Å². The van der Waals surface area contributed by atoms with Crippen molar-refractivity contribution in [1.29, 1.82) is 0 Å². The van der Waals surface area contributed by atoms with Crippen LogP contribution in [0.15, 0.2) is 18.2 Å². The average Bonchev–Trinajstić information content (AvgIpc) is 2.99. The van der Waals surface area contributed by atoms with Crippen LogP contribution in [0.5, 0.6) is 11.5 Å². The van der Waals surface area contributed by atoms with Crippen LogP contribution in [0.4, 0.5) is 10.5 Å². The molecule has 0 unspecified atom stereocenters. The molecule has 0 bridgehead atoms. The van der Waals surface area contributed by atoms with Gasteiger partial charge in [0.2, 0.25) is 5.91 Å². The number of nitrogens with zero attached hydrogens (tertiary/aromatic N) is 1. The predicted molar refractivity (Wildman–Crippen MR) is 110 cm³/mol. The number of benzene rings is 1. The number of urea groups is 1. The third-order valence-corrected chi connectivity index (χ3v) is 6.02. The second-order valence-electron chi connectivity index (χ2n) is 9.46. The van der Waals surface area contributed by atoms with Crippen LogP contribution in [0.1, 0.15) is 46.5 Å². The van der Waals surface area contributed by atoms with Crippen LogP contribution in [0.3, 0.4) is 0 Å². The number of hydrogen-bond donors (Lipinski definition) is 2. The Kier molecular flexibility index (Phi) is 5.32. The van der Waals surface area contributed by atoms with Crippen molar-refractivity contribution in [2.45, 2.75) is 58.5 Å². The summed E-state index contributed by atoms with van der Waals surface area (Å²) in [7, 11) is 0. The van der Waals surface area contributed by atoms with Crippen molar-refractivity contribution < 1.29 is 19.1 Å². The molecule has 7 nitrogen and oxygen atoms in total. The van der Waals surface area contributed by atoms with Gasteiger partial charge in [-0.3, -0.25) is 4.79 Å². The summed E-state index contributed by atoms with van der Waals surface area (Å²) in [6.07, 6.45) is 3.48. The van der Waals surface area contributed by atoms with E-state index in [0.29, 0.717) is 43.6 Å². The summed E-state index contributed by atoms with van der Waals surface area (Å²) in [4.78, 5) is 26.8. The first-order valence-corrected chi connectivity index (χ1v) is 10.6. The molecule has 1 saturated heterocycles. The molecule has 1 saturated carbocycles. The number of amides is 3. The van der Waals surface area contributed by atoms with E-state index >= 15 is 0 Å². The number of carbonyl (C=O) groups excluding carboxylic acids is 2. The van der Waals surface area contributed by atoms with Crippen LogP contribution in [0.2, 0.25) is 0 Å². The molecule has 2 heterocycles. The standard InChI is InChI=1S/C22H31N3O4/c1-14-8-15(12-22(2,3)11-14)23-21(27)24-16-9-20(26)25(13-16)17-4-5-18-19(10-17)29-7-6-28-18/h4-5,10,14-16H,6-9,11-13H2,1-3H3,(H2,23,24,27)/t14-,15+,16-/m1/s1. The van der Waals surface area contributed by atoms with Gasteiger partial charge in [0.05, 0.1) is 6.04 Å². The molecule has 29 heavy (non-hydrogen) atoms. The van der Waals surface area contributed by atoms with Crippen molar-refractivity contribution in [2.24, 2.45) is 11.3 Å². The highest BCUT2D eigenvalue weighted by Crippen LogP contribution is 2.38. The van der Waals surface area contributed by atoms with E-state index in [1.807, 2.05) is 18.2 Å². The van der Waals surface area contributed by atoms with Crippen LogP contribution in [0, 0.1) is 11.3 Å². The van der Waals surface area contributed by atoms with Crippen LogP contribution < -0.4 is 25.0 Å². The summed E-state index contributed by atoms with van der Waals surface area (Å²) in [5, 5.41) is 6.12. The maximum absolute atomic E-state index is 12.5. The van der Waals surface area contributed by atoms with E-state index in [-0.39, 0.29) is 29.4 Å². The van der Waals surface area contributed by atoms with Crippen LogP contribution in [-0.4, -0.2) is 43.8 Å². The molecular weight excluding hydrogens is 370 g/mol. The molecule has 7 heteroatoms. The van der Waals surface area contributed by atoms with Crippen molar-refractivity contribution in [2.75, 3.05) is 24.7 Å². The molecule has 3 amide bonds. The normalized spacial score (nSPS) is 28.2. The van der Waals surface area contributed by atoms with Crippen molar-refractivity contribution in [1.82, 2.24) is 10.6 Å². The highest BCUT2D eigenvalue weighted by Gasteiger charge is 2.35. The van der Waals surface area contributed by atoms with E-state index in [9.17, 15) is 9.59 Å². The zero-order valence-corrected chi connectivity index (χ0v) is 17.5. The van der Waals surface area contributed by atoms with E-state index in [4.69, 9.17) is 9.47 Å². The van der Waals surface area contributed by atoms with Gasteiger partial charge < -0.3 is 25.0 Å². The van der Waals surface area contributed by atoms with Crippen molar-refractivity contribution in [3.05, 3.63) is 18.2 Å². The fourth-order valence-electron chi connectivity index (χ4n) is 5.12. The molecule has 4 rings (SSSR count). The monoisotopic (exact) mass is 401 g/mol. The summed E-state index contributed by atoms with van der Waals surface area (Å²) >= 11 is 0. The molecule has 2 N–H and O–H groups in total. The molecule has 1 aromatic rings. The first-order chi connectivity index (χ1) is 13.8. The Balaban J connectivity index is 1.34. The lowest BCUT2D eigenvalue weighted by atomic mass is 9.71. The number of hydrogen-bond acceptors (Lipinski definition) is 4. The van der Waals surface area contributed by atoms with Crippen molar-refractivity contribution in [3.8, 4) is 11.5 Å². The second kappa shape index (κ2) is 7.76. The smallest absolute Gasteiger partial charge is 0.315 e. The Morgan fingerprint density at radius 2 is 1.83 bits per heavy atom. The van der Waals surface area contributed by atoms with Crippen molar-refractivity contribution in [3.63, 3.8) is 0 Å². The third kappa shape index (κ3) is 4.60. The fraction of sp³-hybridized carbons (Fsp3) is 0.636. The second-order valence-corrected chi connectivity index (χ2v) is 9.46. The molecule has 158 valence electrons. The number of ether oxygens (including phenoxy) is 2. The summed E-state index contributed by atoms with van der Waals surface area (Å²) in [5.41, 5.74) is 1.01. The highest BCUT2D eigenvalue weighted by molar-refractivity contribution is 5.97. The van der Waals surface area contributed by atoms with Crippen LogP contribution in [-0.2, 0) is 4.79 Å². The molecule has 1 aromatic carbocycles. The lowest BCUT2D eigenvalue weighted by molar-refractivity contribution is -0.117. The summed E-state index contributed by atoms with van der Waals surface area (Å²) < 4.78 is 11.2. The van der Waals surface area contributed by atoms with Crippen molar-refractivity contribution >= 4 is 17.6 Å². The molecule has 2 aliphatic heterocycles. The van der Waals surface area contributed by atoms with Gasteiger partial charge in [-0.05, 0) is 42.7 Å². The van der Waals surface area contributed by atoms with E-state index in [1.54, 1.807) is 4.90 Å². The zero-order valence-electron chi connectivity index (χ0n) is 17.5. The Labute approximate surface area is 172 Å². The molecule has 0 spiro atoms. The summed E-state index contributed by atoms with van der Waals surface area (Å²) in [6.45, 7) is 8.26. The van der Waals surface area contributed by atoms with Gasteiger partial charge in [-0.15, -0.1) is 0 Å². The Morgan fingerprint density at radius 1 is 1.10 bits per heavy atom. The first kappa shape index (κ1) is 19.9. The van der Waals surface area contributed by atoms with E-state index in [0.717, 1.165) is 18.5 Å². The molecule has 3 atom stereocenters. The van der Waals surface area contributed by atoms with Gasteiger partial charge in [0, 0.05) is 30.8 Å². The summed E-state index contributed by atoms with van der Waals surface area (Å²) in [5.74, 6) is 1.96. The van der Waals surface area contributed by atoms with Gasteiger partial charge in [-0.2, -0.15) is 0 Å². The molecule has 1 aliphatic carbocycles. The predicted octanol–water partition coefficient (Wildman–Crippen LogP) is 3.08. The number of nitrogens with one attached hydrogen (secondary N) is 2. The minimum absolute atomic E-state index is 0.000556. The average molecular weight is 402 g/mol. The topological polar surface area (TPSA) is 79.9 Å². The summed E-state index contributed by atoms with van der Waals surface area (Å²) in [6, 6.07) is 5.32. The van der Waals surface area contributed by atoms with Gasteiger partial charge in [-0.1, -0.05) is 20.8 Å². The van der Waals surface area contributed by atoms with E-state index in [1.165, 1.54) is 6.42 Å². The Morgan fingerprint density at radius 3 is 2.59 bits per heavy atom. The Hall–Kier alpha value is -2.44. The molecular formula is C22H31N3O4. The van der Waals surface area contributed by atoms with Crippen LogP contribution in [0.25, 0.3) is 0 Å². The number of anilines is 1. The van der Waals surface area contributed by atoms with Gasteiger partial charge in [0.25, 0.3) is 0 Å². The minimum Gasteiger partial charge on any atom is -0.486 e. The zero-order chi connectivity index (χ0) is 20.6. The van der Waals surface area contributed by atoms with Gasteiger partial charge in [0.1, 0.15) is 13.2 Å². The molecule has 0 aromatic heterocycles. The molecule has 0 radical (unpaired) electrons. The highest BCUT2D eigenvalue weighted by atomic mass is 16.6. The van der Waals surface area contributed by atoms with Crippen LogP contribution >= 0.6 is 0 Å². The third-order valence-electron chi connectivity index (χ3n) is 6.02. The quantitative estimate of drug-likeness (QED) is 0.816. The van der Waals surface area contributed by atoms with E-state index < -0.39 is 0 Å².